The maximum atomic E-state index is 6.03. The van der Waals surface area contributed by atoms with Gasteiger partial charge in [-0.3, -0.25) is 4.68 Å². The van der Waals surface area contributed by atoms with E-state index in [1.165, 1.54) is 0 Å². The molecule has 0 saturated heterocycles. The highest BCUT2D eigenvalue weighted by molar-refractivity contribution is 5.85. The normalized spacial score (nSPS) is 11.2. The Kier molecular flexibility index (Phi) is 1.95. The van der Waals surface area contributed by atoms with Crippen LogP contribution in [-0.4, -0.2) is 19.7 Å². The Hall–Kier alpha value is -2.30. The summed E-state index contributed by atoms with van der Waals surface area (Å²) >= 11 is 0. The molecule has 0 aliphatic rings. The maximum absolute atomic E-state index is 6.03. The van der Waals surface area contributed by atoms with Crippen LogP contribution in [0.2, 0.25) is 0 Å². The van der Waals surface area contributed by atoms with Gasteiger partial charge in [-0.15, -0.1) is 0 Å². The second-order valence-electron chi connectivity index (χ2n) is 4.10. The molecule has 0 atom stereocenters. The molecule has 0 unspecified atom stereocenters. The van der Waals surface area contributed by atoms with Gasteiger partial charge in [-0.2, -0.15) is 5.10 Å². The first-order chi connectivity index (χ1) is 8.16. The molecule has 2 aromatic heterocycles. The van der Waals surface area contributed by atoms with Gasteiger partial charge in [-0.05, 0) is 24.6 Å². The fourth-order valence-electron chi connectivity index (χ4n) is 2.12. The first-order valence-corrected chi connectivity index (χ1v) is 5.39. The van der Waals surface area contributed by atoms with Crippen LogP contribution >= 0.6 is 0 Å². The van der Waals surface area contributed by atoms with Crippen LogP contribution < -0.4 is 5.73 Å². The molecular weight excluding hydrogens is 214 g/mol. The van der Waals surface area contributed by atoms with Gasteiger partial charge in [0.25, 0.3) is 0 Å². The second-order valence-corrected chi connectivity index (χ2v) is 4.10. The summed E-state index contributed by atoms with van der Waals surface area (Å²) in [6.45, 7) is 1.96. The number of aromatic amines is 1. The quantitative estimate of drug-likeness (QED) is 0.666. The minimum atomic E-state index is 0.682. The number of nitrogens with zero attached hydrogens (tertiary/aromatic N) is 3. The van der Waals surface area contributed by atoms with E-state index in [1.807, 2.05) is 32.2 Å². The summed E-state index contributed by atoms with van der Waals surface area (Å²) in [5.41, 5.74) is 11.0. The van der Waals surface area contributed by atoms with E-state index >= 15 is 0 Å². The maximum Gasteiger partial charge on any atom is 0.129 e. The van der Waals surface area contributed by atoms with Crippen molar-refractivity contribution in [2.45, 2.75) is 6.92 Å². The number of H-pyrrole nitrogens is 1. The monoisotopic (exact) mass is 227 g/mol. The lowest BCUT2D eigenvalue weighted by Crippen LogP contribution is -1.97. The van der Waals surface area contributed by atoms with E-state index in [-0.39, 0.29) is 0 Å². The summed E-state index contributed by atoms with van der Waals surface area (Å²) in [7, 11) is 1.85. The lowest BCUT2D eigenvalue weighted by Gasteiger charge is -2.02. The fourth-order valence-corrected chi connectivity index (χ4v) is 2.12. The highest BCUT2D eigenvalue weighted by atomic mass is 15.3. The summed E-state index contributed by atoms with van der Waals surface area (Å²) in [5.74, 6) is 0.682. The van der Waals surface area contributed by atoms with Gasteiger partial charge < -0.3 is 10.7 Å². The molecule has 0 aliphatic heterocycles. The van der Waals surface area contributed by atoms with E-state index in [1.54, 1.807) is 11.0 Å². The zero-order valence-electron chi connectivity index (χ0n) is 9.73. The molecule has 3 rings (SSSR count). The summed E-state index contributed by atoms with van der Waals surface area (Å²) in [5, 5.41) is 4.32. The highest BCUT2D eigenvalue weighted by Gasteiger charge is 2.12. The first-order valence-electron chi connectivity index (χ1n) is 5.39. The average molecular weight is 227 g/mol. The van der Waals surface area contributed by atoms with Gasteiger partial charge in [0.1, 0.15) is 5.82 Å². The number of rotatable bonds is 1. The Balaban J connectivity index is 2.26. The van der Waals surface area contributed by atoms with Crippen LogP contribution in [0.15, 0.2) is 24.5 Å². The third kappa shape index (κ3) is 1.39. The van der Waals surface area contributed by atoms with Crippen LogP contribution in [0.5, 0.6) is 0 Å². The predicted octanol–water partition coefficient (Wildman–Crippen LogP) is 1.85. The number of hydrogen-bond donors (Lipinski definition) is 2. The number of benzene rings is 1. The molecule has 0 spiro atoms. The fraction of sp³-hybridized carbons (Fsp3) is 0.167. The SMILES string of the molecule is Cc1nn(C)c(N)c1-c1ccc2nc[nH]c2c1. The van der Waals surface area contributed by atoms with E-state index in [2.05, 4.69) is 15.1 Å². The van der Waals surface area contributed by atoms with E-state index in [0.29, 0.717) is 5.82 Å². The van der Waals surface area contributed by atoms with Gasteiger partial charge in [0, 0.05) is 12.6 Å². The lowest BCUT2D eigenvalue weighted by molar-refractivity contribution is 0.767. The number of aryl methyl sites for hydroxylation is 2. The first kappa shape index (κ1) is 9.89. The molecule has 0 radical (unpaired) electrons. The van der Waals surface area contributed by atoms with Crippen molar-refractivity contribution in [3.05, 3.63) is 30.2 Å². The number of imidazole rings is 1. The van der Waals surface area contributed by atoms with Crippen molar-refractivity contribution in [3.8, 4) is 11.1 Å². The molecule has 0 bridgehead atoms. The van der Waals surface area contributed by atoms with Crippen molar-refractivity contribution in [3.63, 3.8) is 0 Å². The Morgan fingerprint density at radius 3 is 2.88 bits per heavy atom. The Morgan fingerprint density at radius 2 is 2.18 bits per heavy atom. The standard InChI is InChI=1S/C12H13N5/c1-7-11(12(13)17(2)16-7)8-3-4-9-10(5-8)15-6-14-9/h3-6H,13H2,1-2H3,(H,14,15). The van der Waals surface area contributed by atoms with Gasteiger partial charge in [0.15, 0.2) is 0 Å². The van der Waals surface area contributed by atoms with E-state index in [9.17, 15) is 0 Å². The molecule has 5 nitrogen and oxygen atoms in total. The third-order valence-corrected chi connectivity index (χ3v) is 2.98. The van der Waals surface area contributed by atoms with Crippen LogP contribution in [0.25, 0.3) is 22.2 Å². The molecule has 0 fully saturated rings. The molecule has 86 valence electrons. The minimum Gasteiger partial charge on any atom is -0.383 e. The van der Waals surface area contributed by atoms with Crippen LogP contribution in [0.4, 0.5) is 5.82 Å². The molecule has 2 heterocycles. The number of hydrogen-bond acceptors (Lipinski definition) is 3. The zero-order chi connectivity index (χ0) is 12.0. The number of fused-ring (bicyclic) bond motifs is 1. The van der Waals surface area contributed by atoms with Gasteiger partial charge in [0.05, 0.1) is 23.1 Å². The Bertz CT molecular complexity index is 692. The van der Waals surface area contributed by atoms with Gasteiger partial charge in [-0.25, -0.2) is 4.98 Å². The van der Waals surface area contributed by atoms with Crippen molar-refractivity contribution in [1.82, 2.24) is 19.7 Å². The molecular formula is C12H13N5. The van der Waals surface area contributed by atoms with E-state index in [0.717, 1.165) is 27.9 Å². The van der Waals surface area contributed by atoms with Gasteiger partial charge >= 0.3 is 0 Å². The van der Waals surface area contributed by atoms with Crippen LogP contribution in [0, 0.1) is 6.92 Å². The largest absolute Gasteiger partial charge is 0.383 e. The summed E-state index contributed by atoms with van der Waals surface area (Å²) in [6, 6.07) is 6.04. The summed E-state index contributed by atoms with van der Waals surface area (Å²) in [4.78, 5) is 7.29. The topological polar surface area (TPSA) is 72.5 Å². The van der Waals surface area contributed by atoms with Gasteiger partial charge in [-0.1, -0.05) is 6.07 Å². The Labute approximate surface area is 98.3 Å². The average Bonchev–Trinajstić information content (AvgIpc) is 2.84. The number of nitrogen functional groups attached to an aromatic ring is 1. The minimum absolute atomic E-state index is 0.682. The predicted molar refractivity (Wildman–Crippen MR) is 67.4 cm³/mol. The van der Waals surface area contributed by atoms with Crippen LogP contribution in [-0.2, 0) is 7.05 Å². The Morgan fingerprint density at radius 1 is 1.35 bits per heavy atom. The molecule has 0 amide bonds. The number of nitrogens with two attached hydrogens (primary N) is 1. The van der Waals surface area contributed by atoms with Gasteiger partial charge in [0.2, 0.25) is 0 Å². The molecule has 1 aromatic carbocycles. The molecule has 0 saturated carbocycles. The summed E-state index contributed by atoms with van der Waals surface area (Å²) < 4.78 is 1.70. The van der Waals surface area contributed by atoms with E-state index < -0.39 is 0 Å². The number of nitrogens with one attached hydrogen (secondary N) is 1. The molecule has 3 N–H and O–H groups in total. The van der Waals surface area contributed by atoms with Crippen molar-refractivity contribution in [2.24, 2.45) is 7.05 Å². The molecule has 5 heteroatoms. The van der Waals surface area contributed by atoms with Crippen molar-refractivity contribution in [2.75, 3.05) is 5.73 Å². The van der Waals surface area contributed by atoms with Crippen LogP contribution in [0.3, 0.4) is 0 Å². The smallest absolute Gasteiger partial charge is 0.129 e. The zero-order valence-corrected chi connectivity index (χ0v) is 9.73. The number of anilines is 1. The third-order valence-electron chi connectivity index (χ3n) is 2.98. The van der Waals surface area contributed by atoms with Crippen LogP contribution in [0.1, 0.15) is 5.69 Å². The molecule has 17 heavy (non-hydrogen) atoms. The van der Waals surface area contributed by atoms with Crippen molar-refractivity contribution in [1.29, 1.82) is 0 Å². The summed E-state index contributed by atoms with van der Waals surface area (Å²) in [6.07, 6.45) is 1.69. The van der Waals surface area contributed by atoms with E-state index in [4.69, 9.17) is 5.73 Å². The van der Waals surface area contributed by atoms with Crippen molar-refractivity contribution < 1.29 is 0 Å². The number of aromatic nitrogens is 4. The molecule has 0 aliphatic carbocycles. The highest BCUT2D eigenvalue weighted by Crippen LogP contribution is 2.30. The second kappa shape index (κ2) is 3.35. The van der Waals surface area contributed by atoms with Crippen molar-refractivity contribution >= 4 is 16.9 Å². The lowest BCUT2D eigenvalue weighted by atomic mass is 10.1. The molecule has 3 aromatic rings.